The molecule has 0 saturated heterocycles. The van der Waals surface area contributed by atoms with E-state index in [9.17, 15) is 4.79 Å². The van der Waals surface area contributed by atoms with Crippen LogP contribution in [0.3, 0.4) is 0 Å². The topological polar surface area (TPSA) is 47.4 Å². The van der Waals surface area contributed by atoms with Gasteiger partial charge in [-0.2, -0.15) is 5.10 Å². The Labute approximate surface area is 128 Å². The molecule has 0 spiro atoms. The number of nitrogens with zero attached hydrogens (tertiary/aromatic N) is 3. The van der Waals surface area contributed by atoms with Crippen LogP contribution in [0, 0.1) is 5.92 Å². The minimum atomic E-state index is 0.0271. The molecule has 21 heavy (non-hydrogen) atoms. The molecular formula is C16H29N3O2. The van der Waals surface area contributed by atoms with Crippen molar-refractivity contribution in [3.05, 3.63) is 18.0 Å². The fourth-order valence-electron chi connectivity index (χ4n) is 2.35. The number of aryl methyl sites for hydroxylation is 1. The average molecular weight is 295 g/mol. The van der Waals surface area contributed by atoms with Crippen LogP contribution in [0.2, 0.25) is 0 Å². The molecule has 5 nitrogen and oxygen atoms in total. The summed E-state index contributed by atoms with van der Waals surface area (Å²) in [7, 11) is 3.71. The van der Waals surface area contributed by atoms with Crippen molar-refractivity contribution >= 4 is 5.91 Å². The van der Waals surface area contributed by atoms with Gasteiger partial charge in [0.15, 0.2) is 0 Å². The third-order valence-electron chi connectivity index (χ3n) is 3.70. The highest BCUT2D eigenvalue weighted by Gasteiger charge is 2.18. The van der Waals surface area contributed by atoms with E-state index in [0.717, 1.165) is 12.0 Å². The van der Waals surface area contributed by atoms with Crippen LogP contribution in [0.15, 0.2) is 12.4 Å². The minimum Gasteiger partial charge on any atom is -0.378 e. The van der Waals surface area contributed by atoms with E-state index < -0.39 is 0 Å². The number of hydrogen-bond donors (Lipinski definition) is 0. The SMILES string of the molecule is CC(C)C[C@@H](C)OCCC(=O)N(C)[C@H](C)c1cnn(C)c1. The molecule has 0 unspecified atom stereocenters. The normalized spacial score (nSPS) is 14.2. The summed E-state index contributed by atoms with van der Waals surface area (Å²) in [6.07, 6.45) is 5.39. The maximum absolute atomic E-state index is 12.2. The van der Waals surface area contributed by atoms with Gasteiger partial charge in [0, 0.05) is 25.9 Å². The average Bonchev–Trinajstić information content (AvgIpc) is 2.82. The molecule has 0 bridgehead atoms. The maximum atomic E-state index is 12.2. The Morgan fingerprint density at radius 1 is 1.38 bits per heavy atom. The Hall–Kier alpha value is -1.36. The highest BCUT2D eigenvalue weighted by molar-refractivity contribution is 5.76. The lowest BCUT2D eigenvalue weighted by molar-refractivity contribution is -0.133. The van der Waals surface area contributed by atoms with Crippen molar-refractivity contribution in [3.63, 3.8) is 0 Å². The Bertz CT molecular complexity index is 442. The third kappa shape index (κ3) is 5.87. The highest BCUT2D eigenvalue weighted by atomic mass is 16.5. The molecule has 1 amide bonds. The van der Waals surface area contributed by atoms with E-state index in [-0.39, 0.29) is 18.1 Å². The van der Waals surface area contributed by atoms with Gasteiger partial charge in [0.2, 0.25) is 5.91 Å². The Morgan fingerprint density at radius 2 is 2.05 bits per heavy atom. The van der Waals surface area contributed by atoms with Crippen LogP contribution in [0.4, 0.5) is 0 Å². The van der Waals surface area contributed by atoms with Gasteiger partial charge in [0.25, 0.3) is 0 Å². The molecule has 0 aliphatic carbocycles. The first-order valence-electron chi connectivity index (χ1n) is 7.67. The van der Waals surface area contributed by atoms with E-state index in [1.54, 1.807) is 15.8 Å². The first kappa shape index (κ1) is 17.7. The Balaban J connectivity index is 2.37. The lowest BCUT2D eigenvalue weighted by Crippen LogP contribution is -2.30. The zero-order valence-corrected chi connectivity index (χ0v) is 14.2. The fraction of sp³-hybridized carbons (Fsp3) is 0.750. The van der Waals surface area contributed by atoms with Gasteiger partial charge in [-0.3, -0.25) is 9.48 Å². The number of amides is 1. The molecule has 0 aromatic carbocycles. The summed E-state index contributed by atoms with van der Waals surface area (Å²) >= 11 is 0. The quantitative estimate of drug-likeness (QED) is 0.741. The van der Waals surface area contributed by atoms with E-state index in [4.69, 9.17) is 4.74 Å². The van der Waals surface area contributed by atoms with Gasteiger partial charge in [-0.25, -0.2) is 0 Å². The lowest BCUT2D eigenvalue weighted by atomic mass is 10.1. The summed E-state index contributed by atoms with van der Waals surface area (Å²) in [4.78, 5) is 13.9. The molecule has 0 fully saturated rings. The van der Waals surface area contributed by atoms with Gasteiger partial charge in [-0.15, -0.1) is 0 Å². The van der Waals surface area contributed by atoms with Gasteiger partial charge in [0.05, 0.1) is 31.4 Å². The number of aromatic nitrogens is 2. The van der Waals surface area contributed by atoms with E-state index >= 15 is 0 Å². The summed E-state index contributed by atoms with van der Waals surface area (Å²) in [6, 6.07) is 0.0271. The van der Waals surface area contributed by atoms with Crippen LogP contribution in [0.1, 0.15) is 52.1 Å². The van der Waals surface area contributed by atoms with Crippen molar-refractivity contribution in [2.24, 2.45) is 13.0 Å². The molecule has 1 aromatic rings. The molecule has 1 aromatic heterocycles. The smallest absolute Gasteiger partial charge is 0.225 e. The first-order valence-corrected chi connectivity index (χ1v) is 7.67. The number of rotatable bonds is 8. The van der Waals surface area contributed by atoms with Crippen molar-refractivity contribution in [3.8, 4) is 0 Å². The zero-order valence-electron chi connectivity index (χ0n) is 14.2. The minimum absolute atomic E-state index is 0.0271. The third-order valence-corrected chi connectivity index (χ3v) is 3.70. The first-order chi connectivity index (χ1) is 9.81. The van der Waals surface area contributed by atoms with Gasteiger partial charge in [-0.1, -0.05) is 13.8 Å². The molecule has 1 rings (SSSR count). The molecule has 1 heterocycles. The van der Waals surface area contributed by atoms with Gasteiger partial charge in [-0.05, 0) is 26.2 Å². The van der Waals surface area contributed by atoms with Crippen LogP contribution in [0.25, 0.3) is 0 Å². The maximum Gasteiger partial charge on any atom is 0.225 e. The van der Waals surface area contributed by atoms with Crippen LogP contribution in [0.5, 0.6) is 0 Å². The van der Waals surface area contributed by atoms with Crippen molar-refractivity contribution in [1.29, 1.82) is 0 Å². The molecule has 120 valence electrons. The molecular weight excluding hydrogens is 266 g/mol. The molecule has 0 radical (unpaired) electrons. The van der Waals surface area contributed by atoms with Gasteiger partial charge >= 0.3 is 0 Å². The number of ether oxygens (including phenoxy) is 1. The number of carbonyl (C=O) groups is 1. The van der Waals surface area contributed by atoms with Crippen molar-refractivity contribution in [2.45, 2.75) is 52.7 Å². The standard InChI is InChI=1S/C16H29N3O2/c1-12(2)9-13(3)21-8-7-16(20)19(6)14(4)15-10-17-18(5)11-15/h10-14H,7-9H2,1-6H3/t13-,14-/m1/s1. The second-order valence-electron chi connectivity index (χ2n) is 6.19. The van der Waals surface area contributed by atoms with E-state index in [1.165, 1.54) is 0 Å². The monoisotopic (exact) mass is 295 g/mol. The van der Waals surface area contributed by atoms with Crippen LogP contribution in [-0.4, -0.2) is 40.3 Å². The van der Waals surface area contributed by atoms with E-state index in [1.807, 2.05) is 27.2 Å². The Morgan fingerprint density at radius 3 is 2.57 bits per heavy atom. The molecule has 0 N–H and O–H groups in total. The molecule has 0 aliphatic heterocycles. The second kappa shape index (κ2) is 8.17. The number of hydrogen-bond acceptors (Lipinski definition) is 3. The lowest BCUT2D eigenvalue weighted by Gasteiger charge is -2.24. The molecule has 0 saturated carbocycles. The van der Waals surface area contributed by atoms with E-state index in [0.29, 0.717) is 18.9 Å². The zero-order chi connectivity index (χ0) is 16.0. The molecule has 0 aliphatic rings. The summed E-state index contributed by atoms with van der Waals surface area (Å²) < 4.78 is 7.45. The molecule has 5 heteroatoms. The summed E-state index contributed by atoms with van der Waals surface area (Å²) in [5.41, 5.74) is 1.04. The van der Waals surface area contributed by atoms with Gasteiger partial charge in [0.1, 0.15) is 0 Å². The predicted octanol–water partition coefficient (Wildman–Crippen LogP) is 2.78. The largest absolute Gasteiger partial charge is 0.378 e. The van der Waals surface area contributed by atoms with Gasteiger partial charge < -0.3 is 9.64 Å². The summed E-state index contributed by atoms with van der Waals surface area (Å²) in [6.45, 7) is 8.91. The van der Waals surface area contributed by atoms with Crippen LogP contribution >= 0.6 is 0 Å². The fourth-order valence-corrected chi connectivity index (χ4v) is 2.35. The highest BCUT2D eigenvalue weighted by Crippen LogP contribution is 2.18. The van der Waals surface area contributed by atoms with Crippen molar-refractivity contribution in [1.82, 2.24) is 14.7 Å². The van der Waals surface area contributed by atoms with Crippen LogP contribution in [-0.2, 0) is 16.6 Å². The van der Waals surface area contributed by atoms with Crippen molar-refractivity contribution in [2.75, 3.05) is 13.7 Å². The van der Waals surface area contributed by atoms with Crippen LogP contribution < -0.4 is 0 Å². The van der Waals surface area contributed by atoms with Crippen molar-refractivity contribution < 1.29 is 9.53 Å². The van der Waals surface area contributed by atoms with E-state index in [2.05, 4.69) is 25.9 Å². The second-order valence-corrected chi connectivity index (χ2v) is 6.19. The molecule has 2 atom stereocenters. The summed E-state index contributed by atoms with van der Waals surface area (Å²) in [5, 5.41) is 4.15. The number of carbonyl (C=O) groups excluding carboxylic acids is 1. The Kier molecular flexibility index (Phi) is 6.89. The predicted molar refractivity (Wildman–Crippen MR) is 83.9 cm³/mol. The summed E-state index contributed by atoms with van der Waals surface area (Å²) in [5.74, 6) is 0.715.